The number of likely N-dealkylation sites (tertiary alicyclic amines) is 1. The summed E-state index contributed by atoms with van der Waals surface area (Å²) in [5.41, 5.74) is 4.45. The van der Waals surface area contributed by atoms with E-state index in [1.165, 1.54) is 11.1 Å². The second-order valence-corrected chi connectivity index (χ2v) is 7.52. The van der Waals surface area contributed by atoms with Crippen LogP contribution in [0.15, 0.2) is 35.3 Å². The summed E-state index contributed by atoms with van der Waals surface area (Å²) in [6.07, 6.45) is 9.41. The molecule has 0 bridgehead atoms. The third-order valence-corrected chi connectivity index (χ3v) is 5.79. The molecule has 0 unspecified atom stereocenters. The predicted molar refractivity (Wildman–Crippen MR) is 103 cm³/mol. The van der Waals surface area contributed by atoms with Crippen LogP contribution in [0.5, 0.6) is 0 Å². The van der Waals surface area contributed by atoms with Crippen LogP contribution in [0.3, 0.4) is 0 Å². The van der Waals surface area contributed by atoms with E-state index in [1.807, 2.05) is 36.2 Å². The van der Waals surface area contributed by atoms with Crippen LogP contribution < -0.4 is 5.56 Å². The Labute approximate surface area is 154 Å². The molecule has 1 aliphatic carbocycles. The van der Waals surface area contributed by atoms with Crippen LogP contribution in [-0.2, 0) is 12.8 Å². The van der Waals surface area contributed by atoms with E-state index >= 15 is 0 Å². The average molecular weight is 350 g/mol. The SMILES string of the molecule is Cc1ccn(-c2cccc3c2CCC3)c(=O)c1C(=O)N1CCCCCC1. The van der Waals surface area contributed by atoms with Crippen molar-refractivity contribution in [3.8, 4) is 5.69 Å². The fourth-order valence-corrected chi connectivity index (χ4v) is 4.33. The standard InChI is InChI=1S/C22H26N2O2/c1-16-12-15-24(19-11-7-9-17-8-6-10-18(17)19)22(26)20(16)21(25)23-13-4-2-3-5-14-23/h7,9,11-12,15H,2-6,8,10,13-14H2,1H3. The molecule has 4 nitrogen and oxygen atoms in total. The minimum atomic E-state index is -0.181. The van der Waals surface area contributed by atoms with Crippen LogP contribution in [0.25, 0.3) is 5.69 Å². The van der Waals surface area contributed by atoms with Gasteiger partial charge in [-0.2, -0.15) is 0 Å². The maximum atomic E-state index is 13.3. The summed E-state index contributed by atoms with van der Waals surface area (Å²) in [7, 11) is 0. The topological polar surface area (TPSA) is 42.3 Å². The first kappa shape index (κ1) is 17.1. The molecule has 1 saturated heterocycles. The largest absolute Gasteiger partial charge is 0.338 e. The number of hydrogen-bond donors (Lipinski definition) is 0. The Hall–Kier alpha value is -2.36. The van der Waals surface area contributed by atoms with E-state index in [9.17, 15) is 9.59 Å². The van der Waals surface area contributed by atoms with Gasteiger partial charge in [0.1, 0.15) is 5.56 Å². The summed E-state index contributed by atoms with van der Waals surface area (Å²) in [5.74, 6) is -0.101. The van der Waals surface area contributed by atoms with Crippen LogP contribution in [0.1, 0.15) is 59.2 Å². The van der Waals surface area contributed by atoms with Gasteiger partial charge in [-0.25, -0.2) is 0 Å². The quantitative estimate of drug-likeness (QED) is 0.830. The van der Waals surface area contributed by atoms with Crippen molar-refractivity contribution in [2.75, 3.05) is 13.1 Å². The molecule has 1 fully saturated rings. The zero-order valence-corrected chi connectivity index (χ0v) is 15.5. The van der Waals surface area contributed by atoms with E-state index in [4.69, 9.17) is 0 Å². The number of fused-ring (bicyclic) bond motifs is 1. The second kappa shape index (κ2) is 7.10. The lowest BCUT2D eigenvalue weighted by Crippen LogP contribution is -2.37. The first-order chi connectivity index (χ1) is 12.7. The van der Waals surface area contributed by atoms with E-state index in [0.717, 1.165) is 69.3 Å². The Morgan fingerprint density at radius 1 is 0.962 bits per heavy atom. The van der Waals surface area contributed by atoms with Crippen LogP contribution >= 0.6 is 0 Å². The number of aryl methyl sites for hydroxylation is 2. The van der Waals surface area contributed by atoms with E-state index < -0.39 is 0 Å². The number of pyridine rings is 1. The summed E-state index contributed by atoms with van der Waals surface area (Å²) < 4.78 is 1.68. The minimum Gasteiger partial charge on any atom is -0.338 e. The number of carbonyl (C=O) groups excluding carboxylic acids is 1. The van der Waals surface area contributed by atoms with Gasteiger partial charge in [0, 0.05) is 19.3 Å². The van der Waals surface area contributed by atoms with E-state index in [1.54, 1.807) is 4.57 Å². The van der Waals surface area contributed by atoms with Gasteiger partial charge in [0.15, 0.2) is 0 Å². The van der Waals surface area contributed by atoms with Gasteiger partial charge in [-0.05, 0) is 67.9 Å². The lowest BCUT2D eigenvalue weighted by atomic mass is 10.1. The van der Waals surface area contributed by atoms with Crippen LogP contribution in [0.2, 0.25) is 0 Å². The second-order valence-electron chi connectivity index (χ2n) is 7.52. The molecule has 2 heterocycles. The highest BCUT2D eigenvalue weighted by Crippen LogP contribution is 2.27. The van der Waals surface area contributed by atoms with Crippen molar-refractivity contribution >= 4 is 5.91 Å². The fourth-order valence-electron chi connectivity index (χ4n) is 4.33. The molecule has 26 heavy (non-hydrogen) atoms. The molecular formula is C22H26N2O2. The minimum absolute atomic E-state index is 0.101. The van der Waals surface area contributed by atoms with Gasteiger partial charge >= 0.3 is 0 Å². The maximum Gasteiger partial charge on any atom is 0.268 e. The molecule has 1 amide bonds. The van der Waals surface area contributed by atoms with Gasteiger partial charge in [0.2, 0.25) is 0 Å². The summed E-state index contributed by atoms with van der Waals surface area (Å²) >= 11 is 0. The molecule has 0 atom stereocenters. The third kappa shape index (κ3) is 2.98. The van der Waals surface area contributed by atoms with Gasteiger partial charge in [0.05, 0.1) is 5.69 Å². The smallest absolute Gasteiger partial charge is 0.268 e. The fraction of sp³-hybridized carbons (Fsp3) is 0.455. The van der Waals surface area contributed by atoms with Gasteiger partial charge in [-0.3, -0.25) is 14.2 Å². The van der Waals surface area contributed by atoms with E-state index in [2.05, 4.69) is 6.07 Å². The van der Waals surface area contributed by atoms with Crippen LogP contribution in [-0.4, -0.2) is 28.5 Å². The first-order valence-electron chi connectivity index (χ1n) is 9.79. The number of benzene rings is 1. The number of aromatic nitrogens is 1. The van der Waals surface area contributed by atoms with Crippen molar-refractivity contribution in [2.45, 2.75) is 51.9 Å². The first-order valence-corrected chi connectivity index (χ1v) is 9.79. The Kier molecular flexibility index (Phi) is 4.66. The summed E-state index contributed by atoms with van der Waals surface area (Å²) in [5, 5.41) is 0. The molecule has 0 N–H and O–H groups in total. The zero-order chi connectivity index (χ0) is 18.1. The molecule has 1 aliphatic heterocycles. The molecule has 1 aromatic carbocycles. The normalized spacial score (nSPS) is 17.0. The van der Waals surface area contributed by atoms with Crippen molar-refractivity contribution in [2.24, 2.45) is 0 Å². The number of hydrogen-bond acceptors (Lipinski definition) is 2. The number of carbonyl (C=O) groups is 1. The van der Waals surface area contributed by atoms with Crippen LogP contribution in [0.4, 0.5) is 0 Å². The van der Waals surface area contributed by atoms with E-state index in [-0.39, 0.29) is 11.5 Å². The van der Waals surface area contributed by atoms with Crippen molar-refractivity contribution in [1.29, 1.82) is 0 Å². The van der Waals surface area contributed by atoms with Gasteiger partial charge in [-0.1, -0.05) is 25.0 Å². The monoisotopic (exact) mass is 350 g/mol. The molecule has 2 aromatic rings. The lowest BCUT2D eigenvalue weighted by molar-refractivity contribution is 0.0758. The highest BCUT2D eigenvalue weighted by Gasteiger charge is 2.24. The molecule has 0 saturated carbocycles. The van der Waals surface area contributed by atoms with Gasteiger partial charge in [0.25, 0.3) is 11.5 Å². The number of nitrogens with zero attached hydrogens (tertiary/aromatic N) is 2. The summed E-state index contributed by atoms with van der Waals surface area (Å²) in [6, 6.07) is 8.07. The Balaban J connectivity index is 1.78. The Morgan fingerprint density at radius 2 is 1.73 bits per heavy atom. The lowest BCUT2D eigenvalue weighted by Gasteiger charge is -2.22. The molecule has 1 aromatic heterocycles. The summed E-state index contributed by atoms with van der Waals surface area (Å²) in [6.45, 7) is 3.38. The highest BCUT2D eigenvalue weighted by atomic mass is 16.2. The molecule has 4 rings (SSSR count). The molecule has 0 radical (unpaired) electrons. The number of amides is 1. The Bertz CT molecular complexity index is 890. The van der Waals surface area contributed by atoms with Crippen molar-refractivity contribution in [3.05, 3.63) is 63.1 Å². The molecule has 0 spiro atoms. The third-order valence-electron chi connectivity index (χ3n) is 5.79. The maximum absolute atomic E-state index is 13.3. The van der Waals surface area contributed by atoms with E-state index in [0.29, 0.717) is 5.56 Å². The molecule has 4 heteroatoms. The van der Waals surface area contributed by atoms with Crippen molar-refractivity contribution in [3.63, 3.8) is 0 Å². The average Bonchev–Trinajstić information content (AvgIpc) is 2.95. The van der Waals surface area contributed by atoms with Crippen molar-refractivity contribution < 1.29 is 4.79 Å². The summed E-state index contributed by atoms with van der Waals surface area (Å²) in [4.78, 5) is 28.3. The predicted octanol–water partition coefficient (Wildman–Crippen LogP) is 3.65. The zero-order valence-electron chi connectivity index (χ0n) is 15.5. The molecular weight excluding hydrogens is 324 g/mol. The number of rotatable bonds is 2. The van der Waals surface area contributed by atoms with Gasteiger partial charge in [-0.15, -0.1) is 0 Å². The highest BCUT2D eigenvalue weighted by molar-refractivity contribution is 5.95. The Morgan fingerprint density at radius 3 is 2.50 bits per heavy atom. The van der Waals surface area contributed by atoms with Gasteiger partial charge < -0.3 is 4.90 Å². The molecule has 2 aliphatic rings. The van der Waals surface area contributed by atoms with Crippen LogP contribution in [0, 0.1) is 6.92 Å². The van der Waals surface area contributed by atoms with Crippen molar-refractivity contribution in [1.82, 2.24) is 9.47 Å². The molecule has 136 valence electrons.